The molecule has 2 aliphatic rings. The minimum Gasteiger partial charge on any atom is -0.455 e. The van der Waals surface area contributed by atoms with Crippen molar-refractivity contribution in [1.29, 1.82) is 0 Å². The Morgan fingerprint density at radius 2 is 0.803 bits per heavy atom. The Morgan fingerprint density at radius 3 is 1.41 bits per heavy atom. The van der Waals surface area contributed by atoms with Gasteiger partial charge in [-0.3, -0.25) is 0 Å². The van der Waals surface area contributed by atoms with E-state index in [0.29, 0.717) is 0 Å². The molecule has 0 atom stereocenters. The monoisotopic (exact) mass is 843 g/mol. The Bertz CT molecular complexity index is 3930. The van der Waals surface area contributed by atoms with Gasteiger partial charge in [-0.15, -0.1) is 0 Å². The molecule has 1 aromatic heterocycles. The number of furan rings is 1. The summed E-state index contributed by atoms with van der Waals surface area (Å²) in [6, 6.07) is 74.6. The van der Waals surface area contributed by atoms with E-state index in [1.165, 1.54) is 87.6 Å². The van der Waals surface area contributed by atoms with Gasteiger partial charge in [-0.05, 0) is 148 Å². The first-order valence-electron chi connectivity index (χ1n) is 23.2. The number of rotatable bonds is 4. The number of hydrogen-bond donors (Lipinski definition) is 0. The van der Waals surface area contributed by atoms with Crippen LogP contribution in [0, 0.1) is 0 Å². The summed E-state index contributed by atoms with van der Waals surface area (Å²) < 4.78 is 7.09. The lowest BCUT2D eigenvalue weighted by Crippen LogP contribution is -2.18. The van der Waals surface area contributed by atoms with Crippen molar-refractivity contribution in [3.05, 3.63) is 222 Å². The molecular weight excluding hydrogens is 799 g/mol. The summed E-state index contributed by atoms with van der Waals surface area (Å²) in [5.74, 6) is 0. The maximum Gasteiger partial charge on any atom is 0.143 e. The van der Waals surface area contributed by atoms with Crippen LogP contribution in [-0.2, 0) is 10.8 Å². The fourth-order valence-corrected chi connectivity index (χ4v) is 12.2. The lowest BCUT2D eigenvalue weighted by Gasteiger charge is -2.29. The molecule has 2 heteroatoms. The second kappa shape index (κ2) is 13.3. The molecule has 0 fully saturated rings. The van der Waals surface area contributed by atoms with Crippen molar-refractivity contribution < 1.29 is 4.42 Å². The summed E-state index contributed by atoms with van der Waals surface area (Å²) in [7, 11) is 0. The molecule has 0 spiro atoms. The topological polar surface area (TPSA) is 16.4 Å². The third kappa shape index (κ3) is 5.07. The first-order chi connectivity index (χ1) is 32.2. The predicted molar refractivity (Wildman–Crippen MR) is 279 cm³/mol. The third-order valence-electron chi connectivity index (χ3n) is 15.4. The Labute approximate surface area is 384 Å². The summed E-state index contributed by atoms with van der Waals surface area (Å²) >= 11 is 0. The molecule has 11 aromatic carbocycles. The number of hydrogen-bond acceptors (Lipinski definition) is 2. The first kappa shape index (κ1) is 37.4. The molecule has 14 rings (SSSR count). The summed E-state index contributed by atoms with van der Waals surface area (Å²) in [6.45, 7) is 9.47. The normalized spacial score (nSPS) is 14.3. The Hall–Kier alpha value is -7.94. The summed E-state index contributed by atoms with van der Waals surface area (Å²) in [6.07, 6.45) is 0. The fourth-order valence-electron chi connectivity index (χ4n) is 12.2. The standard InChI is InChI=1S/C64H45NO/c1-63(2)56-23-13-11-21-49(56)51-30-26-41(36-58(51)63)65(42-27-31-52-50-22-12-14-24-57(50)64(3,4)59(52)37-42)40-28-32-60-54(35-40)55-33-38-15-5-6-16-43(38)61(62(55)66-60)39-25-29-48-46-19-8-7-17-44(46)45-18-9-10-20-47(45)53(48)34-39/h5-37H,1-4H3. The van der Waals surface area contributed by atoms with E-state index in [0.717, 1.165) is 50.1 Å². The van der Waals surface area contributed by atoms with Crippen LogP contribution in [0.2, 0.25) is 0 Å². The van der Waals surface area contributed by atoms with E-state index in [4.69, 9.17) is 4.42 Å². The van der Waals surface area contributed by atoms with Crippen LogP contribution >= 0.6 is 0 Å². The van der Waals surface area contributed by atoms with Gasteiger partial charge in [0.25, 0.3) is 0 Å². The second-order valence-corrected chi connectivity index (χ2v) is 19.6. The van der Waals surface area contributed by atoms with Gasteiger partial charge in [0, 0.05) is 44.2 Å². The number of anilines is 3. The van der Waals surface area contributed by atoms with Crippen LogP contribution in [0.5, 0.6) is 0 Å². The summed E-state index contributed by atoms with van der Waals surface area (Å²) in [4.78, 5) is 2.47. The van der Waals surface area contributed by atoms with E-state index in [1.807, 2.05) is 0 Å². The number of fused-ring (bicyclic) bond motifs is 16. The second-order valence-electron chi connectivity index (χ2n) is 19.6. The van der Waals surface area contributed by atoms with Gasteiger partial charge in [0.1, 0.15) is 11.2 Å². The van der Waals surface area contributed by atoms with Crippen LogP contribution in [0.1, 0.15) is 49.9 Å². The summed E-state index contributed by atoms with van der Waals surface area (Å²) in [5, 5.41) is 12.2. The minimum atomic E-state index is -0.139. The van der Waals surface area contributed by atoms with Crippen molar-refractivity contribution in [3.63, 3.8) is 0 Å². The molecule has 0 saturated carbocycles. The maximum absolute atomic E-state index is 7.09. The molecule has 12 aromatic rings. The largest absolute Gasteiger partial charge is 0.455 e. The van der Waals surface area contributed by atoms with E-state index < -0.39 is 0 Å². The molecule has 0 amide bonds. The Kier molecular flexibility index (Phi) is 7.55. The van der Waals surface area contributed by atoms with E-state index in [9.17, 15) is 0 Å². The zero-order valence-electron chi connectivity index (χ0n) is 37.4. The lowest BCUT2D eigenvalue weighted by molar-refractivity contribution is 0.660. The van der Waals surface area contributed by atoms with E-state index >= 15 is 0 Å². The maximum atomic E-state index is 7.09. The molecule has 2 nitrogen and oxygen atoms in total. The van der Waals surface area contributed by atoms with Gasteiger partial charge in [-0.25, -0.2) is 0 Å². The summed E-state index contributed by atoms with van der Waals surface area (Å²) in [5.41, 5.74) is 17.9. The highest BCUT2D eigenvalue weighted by Gasteiger charge is 2.38. The van der Waals surface area contributed by atoms with E-state index in [1.54, 1.807) is 0 Å². The van der Waals surface area contributed by atoms with Gasteiger partial charge in [-0.2, -0.15) is 0 Å². The molecule has 0 bridgehead atoms. The Balaban J connectivity index is 0.997. The van der Waals surface area contributed by atoms with Crippen molar-refractivity contribution in [1.82, 2.24) is 0 Å². The molecule has 0 aliphatic heterocycles. The van der Waals surface area contributed by atoms with Crippen molar-refractivity contribution in [2.24, 2.45) is 0 Å². The minimum absolute atomic E-state index is 0.139. The highest BCUT2D eigenvalue weighted by Crippen LogP contribution is 2.54. The van der Waals surface area contributed by atoms with Crippen molar-refractivity contribution >= 4 is 82.1 Å². The zero-order chi connectivity index (χ0) is 44.1. The van der Waals surface area contributed by atoms with Gasteiger partial charge < -0.3 is 9.32 Å². The molecule has 0 unspecified atom stereocenters. The number of benzene rings is 11. The molecule has 0 radical (unpaired) electrons. The fraction of sp³-hybridized carbons (Fsp3) is 0.0938. The smallest absolute Gasteiger partial charge is 0.143 e. The van der Waals surface area contributed by atoms with Gasteiger partial charge in [-0.1, -0.05) is 173 Å². The van der Waals surface area contributed by atoms with Crippen LogP contribution in [0.4, 0.5) is 17.1 Å². The predicted octanol–water partition coefficient (Wildman–Crippen LogP) is 17.9. The first-order valence-corrected chi connectivity index (χ1v) is 23.2. The molecule has 0 N–H and O–H groups in total. The average molecular weight is 844 g/mol. The quantitative estimate of drug-likeness (QED) is 0.164. The van der Waals surface area contributed by atoms with Crippen molar-refractivity contribution in [2.45, 2.75) is 38.5 Å². The van der Waals surface area contributed by atoms with Crippen LogP contribution in [0.3, 0.4) is 0 Å². The van der Waals surface area contributed by atoms with Crippen LogP contribution in [-0.4, -0.2) is 0 Å². The zero-order valence-corrected chi connectivity index (χ0v) is 37.4. The molecule has 1 heterocycles. The van der Waals surface area contributed by atoms with E-state index in [2.05, 4.69) is 233 Å². The lowest BCUT2D eigenvalue weighted by atomic mass is 9.82. The van der Waals surface area contributed by atoms with Gasteiger partial charge in [0.15, 0.2) is 0 Å². The van der Waals surface area contributed by atoms with E-state index in [-0.39, 0.29) is 10.8 Å². The Morgan fingerprint density at radius 1 is 0.333 bits per heavy atom. The van der Waals surface area contributed by atoms with Crippen LogP contribution in [0.15, 0.2) is 205 Å². The molecule has 2 aliphatic carbocycles. The van der Waals surface area contributed by atoms with Gasteiger partial charge >= 0.3 is 0 Å². The van der Waals surface area contributed by atoms with Gasteiger partial charge in [0.2, 0.25) is 0 Å². The van der Waals surface area contributed by atoms with Crippen molar-refractivity contribution in [3.8, 4) is 33.4 Å². The number of nitrogens with zero attached hydrogens (tertiary/aromatic N) is 1. The van der Waals surface area contributed by atoms with Crippen molar-refractivity contribution in [2.75, 3.05) is 4.90 Å². The van der Waals surface area contributed by atoms with Crippen LogP contribution in [0.25, 0.3) is 98.4 Å². The highest BCUT2D eigenvalue weighted by atomic mass is 16.3. The molecule has 0 saturated heterocycles. The average Bonchev–Trinajstić information content (AvgIpc) is 3.92. The van der Waals surface area contributed by atoms with Gasteiger partial charge in [0.05, 0.1) is 0 Å². The SMILES string of the molecule is CC1(C)c2ccccc2-c2ccc(N(c3ccc4c(c3)C(C)(C)c3ccccc3-4)c3ccc4oc5c(-c6ccc7c8ccccc8c8ccccc8c7c6)c6ccccc6cc5c4c3)cc21. The third-order valence-corrected chi connectivity index (χ3v) is 15.4. The van der Waals surface area contributed by atoms with Crippen LogP contribution < -0.4 is 4.90 Å². The highest BCUT2D eigenvalue weighted by molar-refractivity contribution is 6.27. The molecular formula is C64H45NO. The molecule has 312 valence electrons. The molecule has 66 heavy (non-hydrogen) atoms.